The summed E-state index contributed by atoms with van der Waals surface area (Å²) in [5.74, 6) is -2.35. The molecule has 1 N–H and O–H groups in total. The number of hydrogen-bond donors (Lipinski definition) is 1. The molecule has 0 fully saturated rings. The van der Waals surface area contributed by atoms with E-state index in [9.17, 15) is 18.0 Å². The van der Waals surface area contributed by atoms with Gasteiger partial charge < -0.3 is 10.0 Å². The zero-order chi connectivity index (χ0) is 14.4. The number of rotatable bonds is 2. The lowest BCUT2D eigenvalue weighted by Gasteiger charge is -2.24. The van der Waals surface area contributed by atoms with E-state index in [0.29, 0.717) is 5.69 Å². The second-order valence-corrected chi connectivity index (χ2v) is 4.87. The topological polar surface area (TPSA) is 40.5 Å². The Balaban J connectivity index is 2.63. The van der Waals surface area contributed by atoms with Crippen LogP contribution in [0.2, 0.25) is 0 Å². The smallest absolute Gasteiger partial charge is 0.416 e. The minimum absolute atomic E-state index is 0.0495. The Hall–Kier alpha value is -1.72. The second-order valence-electron chi connectivity index (χ2n) is 4.87. The molecule has 1 heterocycles. The monoisotopic (exact) mass is 273 g/mol. The van der Waals surface area contributed by atoms with E-state index in [-0.39, 0.29) is 18.2 Å². The van der Waals surface area contributed by atoms with E-state index in [1.165, 1.54) is 6.07 Å². The first-order chi connectivity index (χ1) is 8.73. The highest BCUT2D eigenvalue weighted by Crippen LogP contribution is 2.45. The SMILES string of the molecule is CC(C)N1CC(C(=O)O)c2c1cccc2C(F)(F)F. The molecule has 1 atom stereocenters. The maximum atomic E-state index is 13.0. The Bertz CT molecular complexity index is 511. The molecule has 1 aromatic rings. The van der Waals surface area contributed by atoms with Gasteiger partial charge in [-0.05, 0) is 26.0 Å². The zero-order valence-electron chi connectivity index (χ0n) is 10.5. The van der Waals surface area contributed by atoms with E-state index in [4.69, 9.17) is 5.11 Å². The number of hydrogen-bond acceptors (Lipinski definition) is 2. The summed E-state index contributed by atoms with van der Waals surface area (Å²) >= 11 is 0. The van der Waals surface area contributed by atoms with E-state index in [1.807, 2.05) is 13.8 Å². The largest absolute Gasteiger partial charge is 0.481 e. The molecular weight excluding hydrogens is 259 g/mol. The molecule has 1 unspecified atom stereocenters. The first-order valence-corrected chi connectivity index (χ1v) is 5.93. The van der Waals surface area contributed by atoms with Gasteiger partial charge in [0.25, 0.3) is 0 Å². The third-order valence-corrected chi connectivity index (χ3v) is 3.35. The van der Waals surface area contributed by atoms with Crippen molar-refractivity contribution in [3.05, 3.63) is 29.3 Å². The average molecular weight is 273 g/mol. The highest BCUT2D eigenvalue weighted by molar-refractivity contribution is 5.84. The van der Waals surface area contributed by atoms with Crippen LogP contribution in [0.1, 0.15) is 30.9 Å². The van der Waals surface area contributed by atoms with Crippen molar-refractivity contribution in [3.63, 3.8) is 0 Å². The van der Waals surface area contributed by atoms with Crippen LogP contribution >= 0.6 is 0 Å². The van der Waals surface area contributed by atoms with Crippen molar-refractivity contribution < 1.29 is 23.1 Å². The van der Waals surface area contributed by atoms with Crippen molar-refractivity contribution >= 4 is 11.7 Å². The highest BCUT2D eigenvalue weighted by Gasteiger charge is 2.43. The number of anilines is 1. The van der Waals surface area contributed by atoms with E-state index < -0.39 is 23.6 Å². The minimum Gasteiger partial charge on any atom is -0.481 e. The molecule has 0 saturated carbocycles. The number of carboxylic acids is 1. The molecule has 2 rings (SSSR count). The molecular formula is C13H14F3NO2. The number of halogens is 3. The van der Waals surface area contributed by atoms with Crippen molar-refractivity contribution in [3.8, 4) is 0 Å². The van der Waals surface area contributed by atoms with Gasteiger partial charge in [0.05, 0.1) is 5.56 Å². The maximum absolute atomic E-state index is 13.0. The average Bonchev–Trinajstić information content (AvgIpc) is 2.66. The summed E-state index contributed by atoms with van der Waals surface area (Å²) in [6.45, 7) is 3.73. The quantitative estimate of drug-likeness (QED) is 0.900. The summed E-state index contributed by atoms with van der Waals surface area (Å²) in [5.41, 5.74) is -0.589. The van der Waals surface area contributed by atoms with Crippen LogP contribution in [0.4, 0.5) is 18.9 Å². The highest BCUT2D eigenvalue weighted by atomic mass is 19.4. The van der Waals surface area contributed by atoms with Gasteiger partial charge in [0.2, 0.25) is 0 Å². The molecule has 0 aromatic heterocycles. The normalized spacial score (nSPS) is 18.8. The Morgan fingerprint density at radius 3 is 2.53 bits per heavy atom. The van der Waals surface area contributed by atoms with Crippen molar-refractivity contribution in [1.82, 2.24) is 0 Å². The lowest BCUT2D eigenvalue weighted by molar-refractivity contribution is -0.141. The number of benzene rings is 1. The number of aliphatic carboxylic acids is 1. The van der Waals surface area contributed by atoms with E-state index >= 15 is 0 Å². The van der Waals surface area contributed by atoms with Crippen LogP contribution in [0, 0.1) is 0 Å². The van der Waals surface area contributed by atoms with Gasteiger partial charge in [-0.25, -0.2) is 0 Å². The van der Waals surface area contributed by atoms with Crippen molar-refractivity contribution in [1.29, 1.82) is 0 Å². The molecule has 0 spiro atoms. The number of carboxylic acid groups (broad SMARTS) is 1. The maximum Gasteiger partial charge on any atom is 0.416 e. The molecule has 0 amide bonds. The molecule has 19 heavy (non-hydrogen) atoms. The van der Waals surface area contributed by atoms with Crippen LogP contribution in [-0.4, -0.2) is 23.7 Å². The number of nitrogens with zero attached hydrogens (tertiary/aromatic N) is 1. The predicted octanol–water partition coefficient (Wildman–Crippen LogP) is 3.10. The fraction of sp³-hybridized carbons (Fsp3) is 0.462. The van der Waals surface area contributed by atoms with Crippen LogP contribution < -0.4 is 4.90 Å². The van der Waals surface area contributed by atoms with Crippen molar-refractivity contribution in [2.45, 2.75) is 32.0 Å². The van der Waals surface area contributed by atoms with Crippen LogP contribution in [0.25, 0.3) is 0 Å². The number of fused-ring (bicyclic) bond motifs is 1. The van der Waals surface area contributed by atoms with Crippen LogP contribution in [0.5, 0.6) is 0 Å². The first-order valence-electron chi connectivity index (χ1n) is 5.93. The lowest BCUT2D eigenvalue weighted by Crippen LogP contribution is -2.30. The third kappa shape index (κ3) is 2.27. The standard InChI is InChI=1S/C13H14F3NO2/c1-7(2)17-6-8(12(18)19)11-9(13(14,15)16)4-3-5-10(11)17/h3-5,7-8H,6H2,1-2H3,(H,18,19). The van der Waals surface area contributed by atoms with Gasteiger partial charge in [-0.15, -0.1) is 0 Å². The first kappa shape index (κ1) is 13.7. The van der Waals surface area contributed by atoms with Gasteiger partial charge in [-0.2, -0.15) is 13.2 Å². The van der Waals surface area contributed by atoms with Gasteiger partial charge in [-0.1, -0.05) is 6.07 Å². The number of carbonyl (C=O) groups is 1. The zero-order valence-corrected chi connectivity index (χ0v) is 10.5. The molecule has 104 valence electrons. The third-order valence-electron chi connectivity index (χ3n) is 3.35. The molecule has 6 heteroatoms. The van der Waals surface area contributed by atoms with Crippen molar-refractivity contribution in [2.24, 2.45) is 0 Å². The van der Waals surface area contributed by atoms with Crippen molar-refractivity contribution in [2.75, 3.05) is 11.4 Å². The molecule has 3 nitrogen and oxygen atoms in total. The Morgan fingerprint density at radius 2 is 2.05 bits per heavy atom. The van der Waals surface area contributed by atoms with Gasteiger partial charge in [0.15, 0.2) is 0 Å². The van der Waals surface area contributed by atoms with Gasteiger partial charge >= 0.3 is 12.1 Å². The van der Waals surface area contributed by atoms with Crippen LogP contribution in [0.3, 0.4) is 0 Å². The summed E-state index contributed by atoms with van der Waals surface area (Å²) in [7, 11) is 0. The summed E-state index contributed by atoms with van der Waals surface area (Å²) in [6, 6.07) is 3.76. The number of alkyl halides is 3. The van der Waals surface area contributed by atoms with Gasteiger partial charge in [-0.3, -0.25) is 4.79 Å². The molecule has 0 aliphatic carbocycles. The lowest BCUT2D eigenvalue weighted by atomic mass is 9.95. The van der Waals surface area contributed by atoms with E-state index in [0.717, 1.165) is 6.07 Å². The Labute approximate surface area is 108 Å². The van der Waals surface area contributed by atoms with E-state index in [1.54, 1.807) is 11.0 Å². The molecule has 1 aliphatic rings. The molecule has 0 saturated heterocycles. The molecule has 0 radical (unpaired) electrons. The Morgan fingerprint density at radius 1 is 1.42 bits per heavy atom. The summed E-state index contributed by atoms with van der Waals surface area (Å²) in [5, 5.41) is 9.16. The Kier molecular flexibility index (Phi) is 3.20. The predicted molar refractivity (Wildman–Crippen MR) is 64.3 cm³/mol. The second kappa shape index (κ2) is 4.43. The molecule has 0 bridgehead atoms. The van der Waals surface area contributed by atoms with Crippen LogP contribution in [-0.2, 0) is 11.0 Å². The summed E-state index contributed by atoms with van der Waals surface area (Å²) in [4.78, 5) is 12.9. The van der Waals surface area contributed by atoms with E-state index in [2.05, 4.69) is 0 Å². The van der Waals surface area contributed by atoms with Crippen LogP contribution in [0.15, 0.2) is 18.2 Å². The fourth-order valence-electron chi connectivity index (χ4n) is 2.49. The molecule has 1 aliphatic heterocycles. The van der Waals surface area contributed by atoms with Gasteiger partial charge in [0, 0.05) is 23.8 Å². The van der Waals surface area contributed by atoms with Gasteiger partial charge in [0.1, 0.15) is 5.92 Å². The molecule has 1 aromatic carbocycles. The fourth-order valence-corrected chi connectivity index (χ4v) is 2.49. The summed E-state index contributed by atoms with van der Waals surface area (Å²) < 4.78 is 39.0. The minimum atomic E-state index is -4.54. The summed E-state index contributed by atoms with van der Waals surface area (Å²) in [6.07, 6.45) is -4.54.